The number of oxazole rings is 1. The van der Waals surface area contributed by atoms with Crippen molar-refractivity contribution in [3.05, 3.63) is 11.5 Å². The van der Waals surface area contributed by atoms with Gasteiger partial charge in [0, 0.05) is 19.4 Å². The maximum atomic E-state index is 12.1. The molecule has 2 N–H and O–H groups in total. The minimum atomic E-state index is 0.212. The molecular weight excluding hydrogens is 242 g/mol. The summed E-state index contributed by atoms with van der Waals surface area (Å²) in [7, 11) is 0. The number of hydrogen-bond acceptors (Lipinski definition) is 4. The van der Waals surface area contributed by atoms with Crippen molar-refractivity contribution in [1.82, 2.24) is 9.88 Å². The lowest BCUT2D eigenvalue weighted by Crippen LogP contribution is -2.35. The summed E-state index contributed by atoms with van der Waals surface area (Å²) >= 11 is 0. The van der Waals surface area contributed by atoms with Crippen molar-refractivity contribution >= 4 is 11.9 Å². The third-order valence-corrected chi connectivity index (χ3v) is 4.33. The van der Waals surface area contributed by atoms with Gasteiger partial charge < -0.3 is 15.1 Å². The number of fused-ring (bicyclic) bond motifs is 1. The van der Waals surface area contributed by atoms with Gasteiger partial charge in [0.2, 0.25) is 5.91 Å². The van der Waals surface area contributed by atoms with Gasteiger partial charge >= 0.3 is 0 Å². The standard InChI is InChI=1S/C14H21N3O2/c15-14-16-11-7-8-17(9-12(11)19-14)13(18)6-2-5-10-3-1-4-10/h10H,1-9H2,(H2,15,16). The predicted molar refractivity (Wildman–Crippen MR) is 71.2 cm³/mol. The van der Waals surface area contributed by atoms with Crippen LogP contribution in [0.2, 0.25) is 0 Å². The molecule has 0 bridgehead atoms. The summed E-state index contributed by atoms with van der Waals surface area (Å²) in [5.41, 5.74) is 6.45. The van der Waals surface area contributed by atoms with Gasteiger partial charge in [-0.25, -0.2) is 0 Å². The molecule has 3 rings (SSSR count). The Labute approximate surface area is 113 Å². The third-order valence-electron chi connectivity index (χ3n) is 4.33. The molecule has 19 heavy (non-hydrogen) atoms. The summed E-state index contributed by atoms with van der Waals surface area (Å²) in [5.74, 6) is 1.88. The van der Waals surface area contributed by atoms with E-state index in [4.69, 9.17) is 10.2 Å². The van der Waals surface area contributed by atoms with Crippen molar-refractivity contribution in [2.45, 2.75) is 51.5 Å². The number of rotatable bonds is 4. The van der Waals surface area contributed by atoms with Gasteiger partial charge in [0.25, 0.3) is 6.01 Å². The Morgan fingerprint density at radius 1 is 1.47 bits per heavy atom. The van der Waals surface area contributed by atoms with Gasteiger partial charge in [-0.05, 0) is 18.8 Å². The van der Waals surface area contributed by atoms with E-state index in [2.05, 4.69) is 4.98 Å². The Morgan fingerprint density at radius 2 is 2.32 bits per heavy atom. The molecule has 1 aliphatic carbocycles. The minimum absolute atomic E-state index is 0.212. The van der Waals surface area contributed by atoms with Gasteiger partial charge in [0.1, 0.15) is 5.76 Å². The Morgan fingerprint density at radius 3 is 3.05 bits per heavy atom. The van der Waals surface area contributed by atoms with E-state index in [9.17, 15) is 4.79 Å². The van der Waals surface area contributed by atoms with Crippen molar-refractivity contribution in [1.29, 1.82) is 0 Å². The summed E-state index contributed by atoms with van der Waals surface area (Å²) in [6.45, 7) is 1.27. The van der Waals surface area contributed by atoms with Crippen LogP contribution in [0.5, 0.6) is 0 Å². The first-order valence-electron chi connectivity index (χ1n) is 7.24. The van der Waals surface area contributed by atoms with Crippen LogP contribution in [0.1, 0.15) is 50.0 Å². The number of amides is 1. The second-order valence-corrected chi connectivity index (χ2v) is 5.68. The fourth-order valence-corrected chi connectivity index (χ4v) is 2.91. The van der Waals surface area contributed by atoms with Crippen LogP contribution in [0.25, 0.3) is 0 Å². The molecule has 5 nitrogen and oxygen atoms in total. The highest BCUT2D eigenvalue weighted by atomic mass is 16.4. The summed E-state index contributed by atoms with van der Waals surface area (Å²) in [5, 5.41) is 0. The number of aromatic nitrogens is 1. The number of nitrogens with two attached hydrogens (primary N) is 1. The van der Waals surface area contributed by atoms with Gasteiger partial charge in [0.15, 0.2) is 0 Å². The average molecular weight is 263 g/mol. The van der Waals surface area contributed by atoms with Crippen LogP contribution < -0.4 is 5.73 Å². The molecule has 0 saturated heterocycles. The SMILES string of the molecule is Nc1nc2c(o1)CN(C(=O)CCCC1CCC1)CC2. The van der Waals surface area contributed by atoms with Gasteiger partial charge in [-0.15, -0.1) is 0 Å². The van der Waals surface area contributed by atoms with E-state index in [1.54, 1.807) is 0 Å². The van der Waals surface area contributed by atoms with Crippen molar-refractivity contribution in [3.63, 3.8) is 0 Å². The smallest absolute Gasteiger partial charge is 0.292 e. The molecule has 104 valence electrons. The number of hydrogen-bond donors (Lipinski definition) is 1. The molecule has 0 spiro atoms. The van der Waals surface area contributed by atoms with Crippen LogP contribution in [-0.4, -0.2) is 22.3 Å². The summed E-state index contributed by atoms with van der Waals surface area (Å²) in [4.78, 5) is 18.1. The molecule has 0 aromatic carbocycles. The predicted octanol–water partition coefficient (Wildman–Crippen LogP) is 2.11. The van der Waals surface area contributed by atoms with E-state index in [1.165, 1.54) is 25.7 Å². The second kappa shape index (κ2) is 5.23. The fraction of sp³-hybridized carbons (Fsp3) is 0.714. The molecule has 1 aliphatic heterocycles. The zero-order chi connectivity index (χ0) is 13.2. The Balaban J connectivity index is 1.48. The van der Waals surface area contributed by atoms with E-state index in [0.29, 0.717) is 13.0 Å². The van der Waals surface area contributed by atoms with E-state index >= 15 is 0 Å². The Hall–Kier alpha value is -1.52. The van der Waals surface area contributed by atoms with E-state index in [1.807, 2.05) is 4.90 Å². The van der Waals surface area contributed by atoms with Crippen LogP contribution in [-0.2, 0) is 17.8 Å². The largest absolute Gasteiger partial charge is 0.427 e. The number of carbonyl (C=O) groups excluding carboxylic acids is 1. The Bertz CT molecular complexity index is 465. The first-order chi connectivity index (χ1) is 9.22. The van der Waals surface area contributed by atoms with Crippen LogP contribution in [0.3, 0.4) is 0 Å². The summed E-state index contributed by atoms with van der Waals surface area (Å²) in [6, 6.07) is 0.212. The summed E-state index contributed by atoms with van der Waals surface area (Å²) < 4.78 is 5.33. The Kier molecular flexibility index (Phi) is 3.44. The number of anilines is 1. The quantitative estimate of drug-likeness (QED) is 0.903. The molecule has 0 atom stereocenters. The lowest BCUT2D eigenvalue weighted by molar-refractivity contribution is -0.132. The van der Waals surface area contributed by atoms with Crippen LogP contribution in [0.15, 0.2) is 4.42 Å². The van der Waals surface area contributed by atoms with E-state index in [0.717, 1.165) is 36.8 Å². The first kappa shape index (κ1) is 12.5. The second-order valence-electron chi connectivity index (χ2n) is 5.68. The molecule has 0 radical (unpaired) electrons. The van der Waals surface area contributed by atoms with Gasteiger partial charge in [-0.3, -0.25) is 4.79 Å². The van der Waals surface area contributed by atoms with Gasteiger partial charge in [-0.2, -0.15) is 4.98 Å². The highest BCUT2D eigenvalue weighted by Gasteiger charge is 2.25. The maximum absolute atomic E-state index is 12.1. The fourth-order valence-electron chi connectivity index (χ4n) is 2.91. The topological polar surface area (TPSA) is 72.4 Å². The first-order valence-corrected chi connectivity index (χ1v) is 7.24. The molecule has 5 heteroatoms. The molecular formula is C14H21N3O2. The van der Waals surface area contributed by atoms with Crippen LogP contribution in [0, 0.1) is 5.92 Å². The molecule has 0 unspecified atom stereocenters. The van der Waals surface area contributed by atoms with E-state index < -0.39 is 0 Å². The zero-order valence-corrected chi connectivity index (χ0v) is 11.2. The number of nitrogen functional groups attached to an aromatic ring is 1. The molecule has 1 aromatic heterocycles. The minimum Gasteiger partial charge on any atom is -0.427 e. The van der Waals surface area contributed by atoms with Crippen LogP contribution >= 0.6 is 0 Å². The van der Waals surface area contributed by atoms with Crippen molar-refractivity contribution < 1.29 is 9.21 Å². The highest BCUT2D eigenvalue weighted by Crippen LogP contribution is 2.31. The molecule has 2 heterocycles. The van der Waals surface area contributed by atoms with Crippen molar-refractivity contribution in [2.75, 3.05) is 12.3 Å². The van der Waals surface area contributed by atoms with Crippen molar-refractivity contribution in [2.24, 2.45) is 5.92 Å². The molecule has 1 saturated carbocycles. The molecule has 1 amide bonds. The number of nitrogens with zero attached hydrogens (tertiary/aromatic N) is 2. The average Bonchev–Trinajstić information content (AvgIpc) is 2.70. The monoisotopic (exact) mass is 263 g/mol. The highest BCUT2D eigenvalue weighted by molar-refractivity contribution is 5.76. The van der Waals surface area contributed by atoms with E-state index in [-0.39, 0.29) is 11.9 Å². The third kappa shape index (κ3) is 2.74. The molecule has 1 fully saturated rings. The normalized spacial score (nSPS) is 19.1. The van der Waals surface area contributed by atoms with Gasteiger partial charge in [-0.1, -0.05) is 19.3 Å². The molecule has 1 aromatic rings. The number of carbonyl (C=O) groups is 1. The molecule has 2 aliphatic rings. The van der Waals surface area contributed by atoms with Gasteiger partial charge in [0.05, 0.1) is 12.2 Å². The lowest BCUT2D eigenvalue weighted by atomic mass is 9.82. The van der Waals surface area contributed by atoms with Crippen molar-refractivity contribution in [3.8, 4) is 0 Å². The lowest BCUT2D eigenvalue weighted by Gasteiger charge is -2.27. The van der Waals surface area contributed by atoms with Crippen LogP contribution in [0.4, 0.5) is 6.01 Å². The maximum Gasteiger partial charge on any atom is 0.292 e. The zero-order valence-electron chi connectivity index (χ0n) is 11.2. The summed E-state index contributed by atoms with van der Waals surface area (Å²) in [6.07, 6.45) is 7.74.